The highest BCUT2D eigenvalue weighted by Gasteiger charge is 2.12. The van der Waals surface area contributed by atoms with Crippen LogP contribution >= 0.6 is 23.8 Å². The fourth-order valence-electron chi connectivity index (χ4n) is 1.77. The van der Waals surface area contributed by atoms with E-state index in [4.69, 9.17) is 23.8 Å². The zero-order valence-corrected chi connectivity index (χ0v) is 13.6. The maximum Gasteiger partial charge on any atom is 0.270 e. The average molecular weight is 350 g/mol. The Morgan fingerprint density at radius 2 is 2.00 bits per heavy atom. The molecule has 0 saturated heterocycles. The van der Waals surface area contributed by atoms with Gasteiger partial charge in [0.15, 0.2) is 5.11 Å². The number of benzene rings is 2. The van der Waals surface area contributed by atoms with E-state index in [2.05, 4.69) is 10.6 Å². The van der Waals surface area contributed by atoms with Gasteiger partial charge in [0.1, 0.15) is 0 Å². The molecule has 0 bridgehead atoms. The summed E-state index contributed by atoms with van der Waals surface area (Å²) in [7, 11) is 0. The lowest BCUT2D eigenvalue weighted by Crippen LogP contribution is -2.34. The van der Waals surface area contributed by atoms with Gasteiger partial charge in [-0.2, -0.15) is 0 Å². The summed E-state index contributed by atoms with van der Waals surface area (Å²) < 4.78 is 0. The lowest BCUT2D eigenvalue weighted by molar-refractivity contribution is -0.384. The van der Waals surface area contributed by atoms with Gasteiger partial charge in [0.25, 0.3) is 11.6 Å². The van der Waals surface area contributed by atoms with Crippen LogP contribution in [0, 0.1) is 17.0 Å². The van der Waals surface area contributed by atoms with Gasteiger partial charge in [0.05, 0.1) is 4.92 Å². The summed E-state index contributed by atoms with van der Waals surface area (Å²) in [6.07, 6.45) is 0. The smallest absolute Gasteiger partial charge is 0.270 e. The minimum absolute atomic E-state index is 0.0708. The number of aryl methyl sites for hydroxylation is 1. The average Bonchev–Trinajstić information content (AvgIpc) is 2.51. The molecule has 8 heteroatoms. The van der Waals surface area contributed by atoms with Crippen LogP contribution in [-0.4, -0.2) is 15.9 Å². The summed E-state index contributed by atoms with van der Waals surface area (Å²) >= 11 is 11.1. The van der Waals surface area contributed by atoms with Gasteiger partial charge in [0.2, 0.25) is 0 Å². The molecule has 0 fully saturated rings. The maximum absolute atomic E-state index is 12.1. The van der Waals surface area contributed by atoms with E-state index in [1.807, 2.05) is 13.0 Å². The Morgan fingerprint density at radius 3 is 2.65 bits per heavy atom. The zero-order chi connectivity index (χ0) is 17.0. The van der Waals surface area contributed by atoms with Gasteiger partial charge in [-0.15, -0.1) is 0 Å². The number of non-ortho nitro benzene ring substituents is 1. The van der Waals surface area contributed by atoms with Gasteiger partial charge in [-0.25, -0.2) is 0 Å². The number of hydrogen-bond donors (Lipinski definition) is 2. The first-order chi connectivity index (χ1) is 10.9. The fraction of sp³-hybridized carbons (Fsp3) is 0.0667. The van der Waals surface area contributed by atoms with Crippen LogP contribution in [0.1, 0.15) is 15.9 Å². The molecular weight excluding hydrogens is 338 g/mol. The van der Waals surface area contributed by atoms with Crippen molar-refractivity contribution in [1.29, 1.82) is 0 Å². The minimum Gasteiger partial charge on any atom is -0.332 e. The number of nitro groups is 1. The molecule has 2 N–H and O–H groups in total. The molecule has 0 spiro atoms. The lowest BCUT2D eigenvalue weighted by Gasteiger charge is -2.10. The third-order valence-electron chi connectivity index (χ3n) is 2.98. The molecule has 2 aromatic carbocycles. The van der Waals surface area contributed by atoms with Crippen LogP contribution in [0.2, 0.25) is 5.02 Å². The summed E-state index contributed by atoms with van der Waals surface area (Å²) in [5.41, 5.74) is 1.53. The molecule has 0 radical (unpaired) electrons. The predicted molar refractivity (Wildman–Crippen MR) is 93.0 cm³/mol. The van der Waals surface area contributed by atoms with Gasteiger partial charge in [0, 0.05) is 28.4 Å². The number of hydrogen-bond acceptors (Lipinski definition) is 4. The molecule has 1 amide bonds. The predicted octanol–water partition coefficient (Wildman–Crippen LogP) is 3.68. The van der Waals surface area contributed by atoms with Crippen molar-refractivity contribution in [3.8, 4) is 0 Å². The quantitative estimate of drug-likeness (QED) is 0.501. The summed E-state index contributed by atoms with van der Waals surface area (Å²) in [5, 5.41) is 16.7. The summed E-state index contributed by atoms with van der Waals surface area (Å²) in [6, 6.07) is 10.7. The molecule has 0 saturated carbocycles. The van der Waals surface area contributed by atoms with Gasteiger partial charge >= 0.3 is 0 Å². The molecule has 0 aromatic heterocycles. The first-order valence-corrected chi connectivity index (χ1v) is 7.28. The van der Waals surface area contributed by atoms with Crippen molar-refractivity contribution in [3.63, 3.8) is 0 Å². The van der Waals surface area contributed by atoms with E-state index in [-0.39, 0.29) is 16.4 Å². The van der Waals surface area contributed by atoms with Crippen molar-refractivity contribution >= 4 is 46.2 Å². The standard InChI is InChI=1S/C15H12ClN3O3S/c1-9-5-6-11(8-13(9)16)17-15(23)18-14(20)10-3-2-4-12(7-10)19(21)22/h2-8H,1H3,(H2,17,18,20,23). The van der Waals surface area contributed by atoms with Crippen molar-refractivity contribution in [1.82, 2.24) is 5.32 Å². The van der Waals surface area contributed by atoms with Gasteiger partial charge in [-0.3, -0.25) is 20.2 Å². The van der Waals surface area contributed by atoms with Crippen LogP contribution in [0.5, 0.6) is 0 Å². The molecule has 0 aliphatic carbocycles. The number of nitrogens with one attached hydrogen (secondary N) is 2. The third-order valence-corrected chi connectivity index (χ3v) is 3.59. The van der Waals surface area contributed by atoms with Crippen LogP contribution in [0.4, 0.5) is 11.4 Å². The number of amides is 1. The number of halogens is 1. The molecule has 118 valence electrons. The van der Waals surface area contributed by atoms with Gasteiger partial charge in [-0.05, 0) is 42.9 Å². The summed E-state index contributed by atoms with van der Waals surface area (Å²) in [5.74, 6) is -0.538. The van der Waals surface area contributed by atoms with Crippen molar-refractivity contribution in [3.05, 3.63) is 68.7 Å². The Morgan fingerprint density at radius 1 is 1.26 bits per heavy atom. The minimum atomic E-state index is -0.568. The number of anilines is 1. The Hall–Kier alpha value is -2.51. The molecule has 0 heterocycles. The number of carbonyl (C=O) groups excluding carboxylic acids is 1. The Kier molecular flexibility index (Phi) is 5.25. The Balaban J connectivity index is 2.04. The van der Waals surface area contributed by atoms with E-state index in [1.54, 1.807) is 12.1 Å². The van der Waals surface area contributed by atoms with Crippen LogP contribution < -0.4 is 10.6 Å². The lowest BCUT2D eigenvalue weighted by atomic mass is 10.2. The highest BCUT2D eigenvalue weighted by Crippen LogP contribution is 2.20. The molecule has 23 heavy (non-hydrogen) atoms. The molecular formula is C15H12ClN3O3S. The second kappa shape index (κ2) is 7.17. The van der Waals surface area contributed by atoms with E-state index < -0.39 is 10.8 Å². The Labute approximate surface area is 142 Å². The van der Waals surface area contributed by atoms with Gasteiger partial charge in [-0.1, -0.05) is 23.7 Å². The van der Waals surface area contributed by atoms with Crippen molar-refractivity contribution in [2.24, 2.45) is 0 Å². The second-order valence-corrected chi connectivity index (χ2v) is 5.50. The van der Waals surface area contributed by atoms with Crippen molar-refractivity contribution in [2.45, 2.75) is 6.92 Å². The first-order valence-electron chi connectivity index (χ1n) is 6.50. The largest absolute Gasteiger partial charge is 0.332 e. The molecule has 0 unspecified atom stereocenters. The van der Waals surface area contributed by atoms with Gasteiger partial charge < -0.3 is 5.32 Å². The number of nitro benzene ring substituents is 1. The SMILES string of the molecule is Cc1ccc(NC(=S)NC(=O)c2cccc([N+](=O)[O-])c2)cc1Cl. The molecule has 6 nitrogen and oxygen atoms in total. The second-order valence-electron chi connectivity index (χ2n) is 4.68. The molecule has 2 aromatic rings. The zero-order valence-electron chi connectivity index (χ0n) is 12.0. The van der Waals surface area contributed by atoms with Crippen LogP contribution in [0.3, 0.4) is 0 Å². The molecule has 0 aliphatic rings. The number of nitrogens with zero attached hydrogens (tertiary/aromatic N) is 1. The van der Waals surface area contributed by atoms with Crippen LogP contribution in [0.25, 0.3) is 0 Å². The number of carbonyl (C=O) groups is 1. The molecule has 2 rings (SSSR count). The number of thiocarbonyl (C=S) groups is 1. The number of rotatable bonds is 3. The van der Waals surface area contributed by atoms with E-state index in [1.165, 1.54) is 24.3 Å². The van der Waals surface area contributed by atoms with Crippen LogP contribution in [-0.2, 0) is 0 Å². The normalized spacial score (nSPS) is 10.0. The summed E-state index contributed by atoms with van der Waals surface area (Å²) in [6.45, 7) is 1.87. The van der Waals surface area contributed by atoms with E-state index in [0.29, 0.717) is 10.7 Å². The maximum atomic E-state index is 12.1. The topological polar surface area (TPSA) is 84.3 Å². The molecule has 0 aliphatic heterocycles. The summed E-state index contributed by atoms with van der Waals surface area (Å²) in [4.78, 5) is 22.2. The fourth-order valence-corrected chi connectivity index (χ4v) is 2.16. The van der Waals surface area contributed by atoms with E-state index in [0.717, 1.165) is 5.56 Å². The van der Waals surface area contributed by atoms with E-state index >= 15 is 0 Å². The van der Waals surface area contributed by atoms with Crippen molar-refractivity contribution < 1.29 is 9.72 Å². The monoisotopic (exact) mass is 349 g/mol. The molecule has 0 atom stereocenters. The Bertz CT molecular complexity index is 795. The first kappa shape index (κ1) is 16.9. The van der Waals surface area contributed by atoms with Crippen LogP contribution in [0.15, 0.2) is 42.5 Å². The third kappa shape index (κ3) is 4.48. The van der Waals surface area contributed by atoms with E-state index in [9.17, 15) is 14.9 Å². The highest BCUT2D eigenvalue weighted by atomic mass is 35.5. The van der Waals surface area contributed by atoms with Crippen molar-refractivity contribution in [2.75, 3.05) is 5.32 Å². The highest BCUT2D eigenvalue weighted by molar-refractivity contribution is 7.80.